The molecule has 1 aromatic heterocycles. The van der Waals surface area contributed by atoms with Crippen LogP contribution in [-0.4, -0.2) is 30.7 Å². The normalized spacial score (nSPS) is 11.6. The number of carbonyl (C=O) groups excluding carboxylic acids is 1. The van der Waals surface area contributed by atoms with Gasteiger partial charge in [0.05, 0.1) is 0 Å². The SMILES string of the molecule is CNC(C)CNC(=O)c1cc(-c2cccc(Cl)c2)on1.Cl. The molecule has 0 aliphatic heterocycles. The van der Waals surface area contributed by atoms with Crippen molar-refractivity contribution in [2.45, 2.75) is 13.0 Å². The third-order valence-corrected chi connectivity index (χ3v) is 3.15. The lowest BCUT2D eigenvalue weighted by Crippen LogP contribution is -2.37. The van der Waals surface area contributed by atoms with Crippen LogP contribution in [0.4, 0.5) is 0 Å². The van der Waals surface area contributed by atoms with E-state index in [-0.39, 0.29) is 30.0 Å². The van der Waals surface area contributed by atoms with Crippen molar-refractivity contribution in [3.05, 3.63) is 41.0 Å². The maximum atomic E-state index is 11.9. The molecular weight excluding hydrogens is 313 g/mol. The number of rotatable bonds is 5. The molecule has 1 unspecified atom stereocenters. The summed E-state index contributed by atoms with van der Waals surface area (Å²) in [5.74, 6) is 0.253. The molecule has 2 rings (SSSR count). The minimum Gasteiger partial charge on any atom is -0.355 e. The number of nitrogens with one attached hydrogen (secondary N) is 2. The monoisotopic (exact) mass is 329 g/mol. The predicted molar refractivity (Wildman–Crippen MR) is 85.1 cm³/mol. The topological polar surface area (TPSA) is 67.2 Å². The van der Waals surface area contributed by atoms with Crippen LogP contribution in [0.3, 0.4) is 0 Å². The Labute approximate surface area is 134 Å². The molecule has 1 atom stereocenters. The number of carbonyl (C=O) groups is 1. The summed E-state index contributed by atoms with van der Waals surface area (Å²) in [7, 11) is 1.84. The van der Waals surface area contributed by atoms with Crippen LogP contribution in [0.15, 0.2) is 34.9 Å². The maximum absolute atomic E-state index is 11.9. The molecule has 0 aliphatic carbocycles. The Bertz CT molecular complexity index is 601. The van der Waals surface area contributed by atoms with E-state index >= 15 is 0 Å². The van der Waals surface area contributed by atoms with Gasteiger partial charge < -0.3 is 15.2 Å². The zero-order chi connectivity index (χ0) is 14.5. The van der Waals surface area contributed by atoms with Gasteiger partial charge in [-0.15, -0.1) is 12.4 Å². The lowest BCUT2D eigenvalue weighted by molar-refractivity contribution is 0.0941. The minimum absolute atomic E-state index is 0. The molecule has 0 saturated carbocycles. The minimum atomic E-state index is -0.260. The van der Waals surface area contributed by atoms with Gasteiger partial charge in [-0.1, -0.05) is 28.9 Å². The fourth-order valence-corrected chi connectivity index (χ4v) is 1.79. The Hall–Kier alpha value is -1.56. The molecular formula is C14H17Cl2N3O2. The van der Waals surface area contributed by atoms with Crippen molar-refractivity contribution in [1.82, 2.24) is 15.8 Å². The first-order chi connectivity index (χ1) is 9.60. The van der Waals surface area contributed by atoms with E-state index in [9.17, 15) is 4.79 Å². The van der Waals surface area contributed by atoms with E-state index in [2.05, 4.69) is 15.8 Å². The van der Waals surface area contributed by atoms with Crippen LogP contribution in [0.5, 0.6) is 0 Å². The smallest absolute Gasteiger partial charge is 0.273 e. The summed E-state index contributed by atoms with van der Waals surface area (Å²) < 4.78 is 5.17. The van der Waals surface area contributed by atoms with E-state index in [0.29, 0.717) is 17.3 Å². The van der Waals surface area contributed by atoms with Crippen LogP contribution in [0.2, 0.25) is 5.02 Å². The van der Waals surface area contributed by atoms with Crippen molar-refractivity contribution < 1.29 is 9.32 Å². The van der Waals surface area contributed by atoms with Crippen LogP contribution >= 0.6 is 24.0 Å². The fourth-order valence-electron chi connectivity index (χ4n) is 1.60. The van der Waals surface area contributed by atoms with Crippen molar-refractivity contribution in [2.24, 2.45) is 0 Å². The number of halogens is 2. The molecule has 0 spiro atoms. The summed E-state index contributed by atoms with van der Waals surface area (Å²) in [6.07, 6.45) is 0. The third-order valence-electron chi connectivity index (χ3n) is 2.91. The lowest BCUT2D eigenvalue weighted by atomic mass is 10.1. The van der Waals surface area contributed by atoms with E-state index in [4.69, 9.17) is 16.1 Å². The highest BCUT2D eigenvalue weighted by atomic mass is 35.5. The van der Waals surface area contributed by atoms with Crippen LogP contribution in [0.1, 0.15) is 17.4 Å². The predicted octanol–water partition coefficient (Wildman–Crippen LogP) is 2.75. The first kappa shape index (κ1) is 17.5. The number of nitrogens with zero attached hydrogens (tertiary/aromatic N) is 1. The summed E-state index contributed by atoms with van der Waals surface area (Å²) in [6.45, 7) is 2.50. The van der Waals surface area contributed by atoms with Gasteiger partial charge >= 0.3 is 0 Å². The second-order valence-corrected chi connectivity index (χ2v) is 4.92. The highest BCUT2D eigenvalue weighted by Crippen LogP contribution is 2.23. The number of hydrogen-bond donors (Lipinski definition) is 2. The molecule has 21 heavy (non-hydrogen) atoms. The van der Waals surface area contributed by atoms with Crippen molar-refractivity contribution in [3.8, 4) is 11.3 Å². The van der Waals surface area contributed by atoms with Gasteiger partial charge in [-0.25, -0.2) is 0 Å². The molecule has 2 N–H and O–H groups in total. The Kier molecular flexibility index (Phi) is 6.68. The Morgan fingerprint density at radius 2 is 2.19 bits per heavy atom. The van der Waals surface area contributed by atoms with Gasteiger partial charge in [0.1, 0.15) is 0 Å². The van der Waals surface area contributed by atoms with E-state index in [1.165, 1.54) is 0 Å². The molecule has 0 saturated heterocycles. The van der Waals surface area contributed by atoms with Crippen molar-refractivity contribution in [1.29, 1.82) is 0 Å². The molecule has 2 aromatic rings. The van der Waals surface area contributed by atoms with E-state index in [1.807, 2.05) is 26.1 Å². The van der Waals surface area contributed by atoms with Crippen molar-refractivity contribution in [3.63, 3.8) is 0 Å². The number of hydrogen-bond acceptors (Lipinski definition) is 4. The van der Waals surface area contributed by atoms with Gasteiger partial charge in [-0.05, 0) is 26.1 Å². The van der Waals surface area contributed by atoms with E-state index in [1.54, 1.807) is 18.2 Å². The maximum Gasteiger partial charge on any atom is 0.273 e. The van der Waals surface area contributed by atoms with Gasteiger partial charge in [-0.3, -0.25) is 4.79 Å². The number of amides is 1. The molecule has 7 heteroatoms. The summed E-state index contributed by atoms with van der Waals surface area (Å²) in [5.41, 5.74) is 1.04. The average molecular weight is 330 g/mol. The molecule has 5 nitrogen and oxygen atoms in total. The molecule has 0 fully saturated rings. The highest BCUT2D eigenvalue weighted by molar-refractivity contribution is 6.30. The Balaban J connectivity index is 0.00000220. The summed E-state index contributed by atoms with van der Waals surface area (Å²) in [6, 6.07) is 8.98. The molecule has 1 amide bonds. The number of aromatic nitrogens is 1. The van der Waals surface area contributed by atoms with Crippen LogP contribution < -0.4 is 10.6 Å². The van der Waals surface area contributed by atoms with Gasteiger partial charge in [0.25, 0.3) is 5.91 Å². The Morgan fingerprint density at radius 1 is 1.43 bits per heavy atom. The number of benzene rings is 1. The molecule has 1 heterocycles. The van der Waals surface area contributed by atoms with Gasteiger partial charge in [0, 0.05) is 29.2 Å². The highest BCUT2D eigenvalue weighted by Gasteiger charge is 2.14. The fraction of sp³-hybridized carbons (Fsp3) is 0.286. The van der Waals surface area contributed by atoms with Gasteiger partial charge in [-0.2, -0.15) is 0 Å². The first-order valence-corrected chi connectivity index (χ1v) is 6.66. The third kappa shape index (κ3) is 4.74. The van der Waals surface area contributed by atoms with E-state index in [0.717, 1.165) is 5.56 Å². The summed E-state index contributed by atoms with van der Waals surface area (Å²) >= 11 is 5.92. The lowest BCUT2D eigenvalue weighted by Gasteiger charge is -2.09. The van der Waals surface area contributed by atoms with Gasteiger partial charge in [0.2, 0.25) is 0 Å². The van der Waals surface area contributed by atoms with Crippen molar-refractivity contribution >= 4 is 29.9 Å². The van der Waals surface area contributed by atoms with Gasteiger partial charge in [0.15, 0.2) is 11.5 Å². The zero-order valence-corrected chi connectivity index (χ0v) is 13.3. The average Bonchev–Trinajstić information content (AvgIpc) is 2.94. The molecule has 1 aromatic carbocycles. The molecule has 114 valence electrons. The first-order valence-electron chi connectivity index (χ1n) is 6.28. The standard InChI is InChI=1S/C14H16ClN3O2.ClH/c1-9(16-2)8-17-14(19)12-7-13(20-18-12)10-4-3-5-11(15)6-10;/h3-7,9,16H,8H2,1-2H3,(H,17,19);1H. The van der Waals surface area contributed by atoms with Crippen molar-refractivity contribution in [2.75, 3.05) is 13.6 Å². The largest absolute Gasteiger partial charge is 0.355 e. The quantitative estimate of drug-likeness (QED) is 0.885. The second-order valence-electron chi connectivity index (χ2n) is 4.49. The van der Waals surface area contributed by atoms with E-state index < -0.39 is 0 Å². The summed E-state index contributed by atoms with van der Waals surface area (Å²) in [5, 5.41) is 10.2. The molecule has 0 radical (unpaired) electrons. The number of likely N-dealkylation sites (N-methyl/N-ethyl adjacent to an activating group) is 1. The second kappa shape index (κ2) is 8.02. The summed E-state index contributed by atoms with van der Waals surface area (Å²) in [4.78, 5) is 11.9. The van der Waals surface area contributed by atoms with Crippen LogP contribution in [0.25, 0.3) is 11.3 Å². The van der Waals surface area contributed by atoms with Crippen LogP contribution in [-0.2, 0) is 0 Å². The van der Waals surface area contributed by atoms with Crippen LogP contribution in [0, 0.1) is 0 Å². The zero-order valence-electron chi connectivity index (χ0n) is 11.7. The molecule has 0 bridgehead atoms. The molecule has 0 aliphatic rings. The Morgan fingerprint density at radius 3 is 2.86 bits per heavy atom.